The summed E-state index contributed by atoms with van der Waals surface area (Å²) < 4.78 is 5.17. The molecule has 0 radical (unpaired) electrons. The Bertz CT molecular complexity index is 514. The molecule has 0 aliphatic heterocycles. The summed E-state index contributed by atoms with van der Waals surface area (Å²) in [5, 5.41) is 2.91. The lowest BCUT2D eigenvalue weighted by Crippen LogP contribution is -2.49. The second kappa shape index (κ2) is 10.7. The number of amides is 2. The van der Waals surface area contributed by atoms with Crippen LogP contribution in [0.3, 0.4) is 0 Å². The van der Waals surface area contributed by atoms with Crippen LogP contribution >= 0.6 is 0 Å². The van der Waals surface area contributed by atoms with Crippen molar-refractivity contribution in [3.63, 3.8) is 0 Å². The first-order valence-electron chi connectivity index (χ1n) is 8.77. The number of ether oxygens (including phenoxy) is 1. The third-order valence-electron chi connectivity index (χ3n) is 3.91. The molecule has 24 heavy (non-hydrogen) atoms. The maximum Gasteiger partial charge on any atom is 0.242 e. The fourth-order valence-corrected chi connectivity index (χ4v) is 2.57. The Kier molecular flexibility index (Phi) is 8.90. The maximum absolute atomic E-state index is 12.6. The predicted molar refractivity (Wildman–Crippen MR) is 95.8 cm³/mol. The van der Waals surface area contributed by atoms with Crippen LogP contribution in [-0.4, -0.2) is 36.4 Å². The molecule has 134 valence electrons. The first-order chi connectivity index (χ1) is 11.6. The molecule has 0 bridgehead atoms. The maximum atomic E-state index is 12.6. The molecule has 5 nitrogen and oxygen atoms in total. The summed E-state index contributed by atoms with van der Waals surface area (Å²) in [6.07, 6.45) is 2.70. The molecule has 1 N–H and O–H groups in total. The van der Waals surface area contributed by atoms with Crippen molar-refractivity contribution in [2.45, 2.75) is 59.0 Å². The quantitative estimate of drug-likeness (QED) is 0.715. The minimum Gasteiger partial charge on any atom is -0.497 e. The molecule has 0 aliphatic carbocycles. The Balaban J connectivity index is 2.95. The van der Waals surface area contributed by atoms with Gasteiger partial charge in [-0.05, 0) is 37.0 Å². The zero-order chi connectivity index (χ0) is 17.9. The van der Waals surface area contributed by atoms with Gasteiger partial charge in [-0.25, -0.2) is 0 Å². The molecule has 0 spiro atoms. The molecule has 1 rings (SSSR count). The van der Waals surface area contributed by atoms with Gasteiger partial charge in [-0.15, -0.1) is 0 Å². The van der Waals surface area contributed by atoms with Gasteiger partial charge in [-0.3, -0.25) is 9.59 Å². The third-order valence-corrected chi connectivity index (χ3v) is 3.91. The third kappa shape index (κ3) is 5.87. The Morgan fingerprint density at radius 1 is 1.12 bits per heavy atom. The lowest BCUT2D eigenvalue weighted by atomic mass is 10.1. The molecule has 1 aromatic rings. The molecule has 0 saturated carbocycles. The van der Waals surface area contributed by atoms with E-state index >= 15 is 0 Å². The summed E-state index contributed by atoms with van der Waals surface area (Å²) in [5.74, 6) is 0.724. The van der Waals surface area contributed by atoms with Gasteiger partial charge >= 0.3 is 0 Å². The smallest absolute Gasteiger partial charge is 0.242 e. The van der Waals surface area contributed by atoms with Crippen molar-refractivity contribution in [1.82, 2.24) is 10.2 Å². The van der Waals surface area contributed by atoms with Crippen LogP contribution in [-0.2, 0) is 16.1 Å². The van der Waals surface area contributed by atoms with Gasteiger partial charge in [0.1, 0.15) is 11.8 Å². The van der Waals surface area contributed by atoms with Gasteiger partial charge < -0.3 is 15.0 Å². The molecule has 0 unspecified atom stereocenters. The van der Waals surface area contributed by atoms with E-state index < -0.39 is 6.04 Å². The fourth-order valence-electron chi connectivity index (χ4n) is 2.57. The minimum atomic E-state index is -0.433. The van der Waals surface area contributed by atoms with E-state index in [2.05, 4.69) is 5.32 Å². The van der Waals surface area contributed by atoms with Crippen molar-refractivity contribution in [1.29, 1.82) is 0 Å². The van der Waals surface area contributed by atoms with Crippen molar-refractivity contribution < 1.29 is 14.3 Å². The molecule has 0 aliphatic rings. The highest BCUT2D eigenvalue weighted by Crippen LogP contribution is 2.17. The molecule has 0 heterocycles. The minimum absolute atomic E-state index is 0.0202. The van der Waals surface area contributed by atoms with Gasteiger partial charge in [-0.1, -0.05) is 32.9 Å². The van der Waals surface area contributed by atoms with Crippen molar-refractivity contribution in [2.24, 2.45) is 0 Å². The van der Waals surface area contributed by atoms with Crippen molar-refractivity contribution in [2.75, 3.05) is 13.7 Å². The lowest BCUT2D eigenvalue weighted by Gasteiger charge is -2.30. The van der Waals surface area contributed by atoms with Crippen molar-refractivity contribution in [3.05, 3.63) is 29.8 Å². The second-order valence-electron chi connectivity index (χ2n) is 5.83. The van der Waals surface area contributed by atoms with E-state index in [1.54, 1.807) is 12.0 Å². The lowest BCUT2D eigenvalue weighted by molar-refractivity contribution is -0.141. The van der Waals surface area contributed by atoms with Crippen LogP contribution in [0.5, 0.6) is 5.75 Å². The second-order valence-corrected chi connectivity index (χ2v) is 5.83. The van der Waals surface area contributed by atoms with Crippen LogP contribution in [0.25, 0.3) is 0 Å². The Morgan fingerprint density at radius 3 is 2.29 bits per heavy atom. The first kappa shape index (κ1) is 20.0. The molecule has 0 aromatic heterocycles. The number of nitrogens with one attached hydrogen (secondary N) is 1. The van der Waals surface area contributed by atoms with Crippen molar-refractivity contribution in [3.8, 4) is 5.75 Å². The average Bonchev–Trinajstić information content (AvgIpc) is 2.60. The molecule has 0 fully saturated rings. The zero-order valence-corrected chi connectivity index (χ0v) is 15.3. The summed E-state index contributed by atoms with van der Waals surface area (Å²) >= 11 is 0. The van der Waals surface area contributed by atoms with Gasteiger partial charge in [0, 0.05) is 19.5 Å². The number of methoxy groups -OCH3 is 1. The molecule has 1 atom stereocenters. The Hall–Kier alpha value is -2.04. The molecule has 5 heteroatoms. The summed E-state index contributed by atoms with van der Waals surface area (Å²) in [6, 6.07) is 7.17. The number of hydrogen-bond donors (Lipinski definition) is 1. The summed E-state index contributed by atoms with van der Waals surface area (Å²) in [4.78, 5) is 26.7. The topological polar surface area (TPSA) is 58.6 Å². The van der Waals surface area contributed by atoms with Gasteiger partial charge in [0.2, 0.25) is 11.8 Å². The number of nitrogens with zero attached hydrogens (tertiary/aromatic N) is 1. The number of carbonyl (C=O) groups is 2. The predicted octanol–water partition coefficient (Wildman–Crippen LogP) is 3.13. The van der Waals surface area contributed by atoms with E-state index in [1.807, 2.05) is 45.0 Å². The van der Waals surface area contributed by atoms with Gasteiger partial charge in [-0.2, -0.15) is 0 Å². The summed E-state index contributed by atoms with van der Waals surface area (Å²) in [5.41, 5.74) is 0.988. The average molecular weight is 334 g/mol. The van der Waals surface area contributed by atoms with Crippen LogP contribution in [0.2, 0.25) is 0 Å². The molecular weight excluding hydrogens is 304 g/mol. The summed E-state index contributed by atoms with van der Waals surface area (Å²) in [6.45, 7) is 6.99. The monoisotopic (exact) mass is 334 g/mol. The molecule has 0 saturated heterocycles. The fraction of sp³-hybridized carbons (Fsp3) is 0.579. The van der Waals surface area contributed by atoms with Crippen molar-refractivity contribution >= 4 is 11.8 Å². The largest absolute Gasteiger partial charge is 0.497 e. The normalized spacial score (nSPS) is 11.7. The highest BCUT2D eigenvalue weighted by Gasteiger charge is 2.27. The van der Waals surface area contributed by atoms with Crippen LogP contribution in [0.1, 0.15) is 52.0 Å². The number of rotatable bonds is 10. The standard InChI is InChI=1S/C19H30N2O3/c1-5-8-18(22)21(17(7-3)19(23)20-13-6-2)14-15-9-11-16(24-4)12-10-15/h9-12,17H,5-8,13-14H2,1-4H3,(H,20,23)/t17-/m0/s1. The first-order valence-corrected chi connectivity index (χ1v) is 8.77. The molecule has 1 aromatic carbocycles. The Labute approximate surface area is 145 Å². The van der Waals surface area contributed by atoms with E-state index in [-0.39, 0.29) is 11.8 Å². The van der Waals surface area contributed by atoms with Crippen LogP contribution < -0.4 is 10.1 Å². The van der Waals surface area contributed by atoms with E-state index in [0.29, 0.717) is 25.9 Å². The highest BCUT2D eigenvalue weighted by molar-refractivity contribution is 5.87. The van der Waals surface area contributed by atoms with E-state index in [0.717, 1.165) is 24.2 Å². The van der Waals surface area contributed by atoms with Crippen LogP contribution in [0.15, 0.2) is 24.3 Å². The zero-order valence-electron chi connectivity index (χ0n) is 15.3. The Morgan fingerprint density at radius 2 is 1.79 bits per heavy atom. The highest BCUT2D eigenvalue weighted by atomic mass is 16.5. The molecule has 2 amide bonds. The van der Waals surface area contributed by atoms with Crippen LogP contribution in [0.4, 0.5) is 0 Å². The van der Waals surface area contributed by atoms with Gasteiger partial charge in [0.05, 0.1) is 7.11 Å². The SMILES string of the molecule is CCCNC(=O)[C@H](CC)N(Cc1ccc(OC)cc1)C(=O)CCC. The molecular formula is C19H30N2O3. The van der Waals surface area contributed by atoms with E-state index in [4.69, 9.17) is 4.74 Å². The van der Waals surface area contributed by atoms with E-state index in [9.17, 15) is 9.59 Å². The van der Waals surface area contributed by atoms with Crippen LogP contribution in [0, 0.1) is 0 Å². The summed E-state index contributed by atoms with van der Waals surface area (Å²) in [7, 11) is 1.62. The van der Waals surface area contributed by atoms with Gasteiger partial charge in [0.25, 0.3) is 0 Å². The van der Waals surface area contributed by atoms with E-state index in [1.165, 1.54) is 0 Å². The number of hydrogen-bond acceptors (Lipinski definition) is 3. The number of carbonyl (C=O) groups excluding carboxylic acids is 2. The number of benzene rings is 1. The van der Waals surface area contributed by atoms with Gasteiger partial charge in [0.15, 0.2) is 0 Å².